The second kappa shape index (κ2) is 14.7. The number of benzene rings is 1. The summed E-state index contributed by atoms with van der Waals surface area (Å²) < 4.78 is 15.3. The van der Waals surface area contributed by atoms with E-state index >= 15 is 0 Å². The number of imidazole rings is 1. The summed E-state index contributed by atoms with van der Waals surface area (Å²) in [5.74, 6) is 1.21. The first-order valence-corrected chi connectivity index (χ1v) is 15.4. The Bertz CT molecular complexity index is 1670. The van der Waals surface area contributed by atoms with Gasteiger partial charge in [-0.25, -0.2) is 14.6 Å². The van der Waals surface area contributed by atoms with Gasteiger partial charge in [-0.15, -0.1) is 0 Å². The van der Waals surface area contributed by atoms with E-state index in [1.54, 1.807) is 43.2 Å². The summed E-state index contributed by atoms with van der Waals surface area (Å²) in [6.45, 7) is 6.79. The molecule has 0 saturated carbocycles. The highest BCUT2D eigenvalue weighted by Crippen LogP contribution is 2.32. The number of aromatic nitrogens is 5. The topological polar surface area (TPSA) is 146 Å². The largest absolute Gasteiger partial charge is 0.493 e. The molecule has 2 bridgehead atoms. The number of rotatable bonds is 4. The van der Waals surface area contributed by atoms with Crippen LogP contribution in [0, 0.1) is 12.8 Å². The van der Waals surface area contributed by atoms with Crippen LogP contribution in [0.4, 0.5) is 0 Å². The first-order valence-electron chi connectivity index (χ1n) is 15.4. The van der Waals surface area contributed by atoms with Gasteiger partial charge >= 0.3 is 0 Å². The van der Waals surface area contributed by atoms with Crippen molar-refractivity contribution < 1.29 is 23.9 Å². The third-order valence-electron chi connectivity index (χ3n) is 7.84. The van der Waals surface area contributed by atoms with Gasteiger partial charge in [0.2, 0.25) is 11.8 Å². The van der Waals surface area contributed by atoms with Gasteiger partial charge in [-0.05, 0) is 56.0 Å². The number of carbonyl (C=O) groups excluding carboxylic acids is 3. The molecule has 3 amide bonds. The van der Waals surface area contributed by atoms with Crippen LogP contribution < -0.4 is 20.1 Å². The van der Waals surface area contributed by atoms with Crippen LogP contribution in [0.5, 0.6) is 11.5 Å². The van der Waals surface area contributed by atoms with Gasteiger partial charge in [0, 0.05) is 43.8 Å². The first kappa shape index (κ1) is 32.2. The van der Waals surface area contributed by atoms with Crippen molar-refractivity contribution in [2.75, 3.05) is 33.4 Å². The SMILES string of the molecule is COc1ccc2cc1OCCCN(C(=O)c1cnn(-c3ccccn3)c1C)CC(=O)N[C@H](C(C)C)C(=O)NCCCn1ccnc1-2. The molecule has 0 saturated heterocycles. The number of nitrogens with one attached hydrogen (secondary N) is 2. The van der Waals surface area contributed by atoms with Gasteiger partial charge in [-0.3, -0.25) is 14.4 Å². The standard InChI is InChI=1S/C33H40N8O5/c1-22(2)30-32(43)36-13-7-15-39-17-14-35-31(39)24-10-11-26(45-4)27(19-24)46-18-8-16-40(21-29(42)38-30)33(44)25-20-37-41(23(25)3)28-9-5-6-12-34-28/h5-6,9-12,14,17,19-20,22,30H,7-8,13,15-16,18,21H2,1-4H3,(H,36,43)(H,38,42)/t30-/m1/s1. The van der Waals surface area contributed by atoms with E-state index in [-0.39, 0.29) is 37.4 Å². The number of methoxy groups -OCH3 is 1. The van der Waals surface area contributed by atoms with Crippen LogP contribution in [-0.2, 0) is 16.1 Å². The Morgan fingerprint density at radius 1 is 1.09 bits per heavy atom. The molecule has 2 N–H and O–H groups in total. The highest BCUT2D eigenvalue weighted by molar-refractivity contribution is 5.98. The lowest BCUT2D eigenvalue weighted by Gasteiger charge is -2.26. The number of hydrogen-bond acceptors (Lipinski definition) is 8. The Kier molecular flexibility index (Phi) is 10.3. The molecule has 13 nitrogen and oxygen atoms in total. The highest BCUT2D eigenvalue weighted by Gasteiger charge is 2.28. The molecule has 0 unspecified atom stereocenters. The third-order valence-corrected chi connectivity index (χ3v) is 7.84. The van der Waals surface area contributed by atoms with Crippen molar-refractivity contribution in [1.82, 2.24) is 39.8 Å². The average molecular weight is 629 g/mol. The predicted molar refractivity (Wildman–Crippen MR) is 171 cm³/mol. The molecule has 4 aromatic rings. The fourth-order valence-electron chi connectivity index (χ4n) is 5.37. The zero-order valence-corrected chi connectivity index (χ0v) is 26.6. The maximum atomic E-state index is 13.9. The molecule has 5 rings (SSSR count). The normalized spacial score (nSPS) is 16.7. The quantitative estimate of drug-likeness (QED) is 0.351. The predicted octanol–water partition coefficient (Wildman–Crippen LogP) is 3.02. The number of amides is 3. The summed E-state index contributed by atoms with van der Waals surface area (Å²) in [6, 6.07) is 10.3. The number of fused-ring (bicyclic) bond motifs is 4. The fraction of sp³-hybridized carbons (Fsp3) is 0.394. The molecular formula is C33H40N8O5. The minimum atomic E-state index is -0.763. The van der Waals surface area contributed by atoms with E-state index in [0.717, 1.165) is 11.4 Å². The van der Waals surface area contributed by atoms with Crippen molar-refractivity contribution >= 4 is 17.7 Å². The van der Waals surface area contributed by atoms with Gasteiger partial charge < -0.3 is 29.6 Å². The van der Waals surface area contributed by atoms with Gasteiger partial charge in [0.15, 0.2) is 17.3 Å². The number of aryl methyl sites for hydroxylation is 1. The Morgan fingerprint density at radius 3 is 2.70 bits per heavy atom. The maximum Gasteiger partial charge on any atom is 0.257 e. The Morgan fingerprint density at radius 2 is 1.93 bits per heavy atom. The van der Waals surface area contributed by atoms with E-state index in [2.05, 4.69) is 25.7 Å². The molecule has 1 aromatic carbocycles. The zero-order chi connectivity index (χ0) is 32.6. The van der Waals surface area contributed by atoms with Gasteiger partial charge in [-0.1, -0.05) is 19.9 Å². The summed E-state index contributed by atoms with van der Waals surface area (Å²) >= 11 is 0. The van der Waals surface area contributed by atoms with Crippen molar-refractivity contribution in [3.05, 3.63) is 72.4 Å². The van der Waals surface area contributed by atoms with E-state index in [9.17, 15) is 14.4 Å². The van der Waals surface area contributed by atoms with E-state index in [4.69, 9.17) is 9.47 Å². The summed E-state index contributed by atoms with van der Waals surface area (Å²) in [7, 11) is 1.58. The number of carbonyl (C=O) groups is 3. The van der Waals surface area contributed by atoms with Gasteiger partial charge in [0.1, 0.15) is 11.9 Å². The molecule has 46 heavy (non-hydrogen) atoms. The van der Waals surface area contributed by atoms with E-state index in [1.165, 1.54) is 11.1 Å². The van der Waals surface area contributed by atoms with Gasteiger partial charge in [0.25, 0.3) is 5.91 Å². The Balaban J connectivity index is 1.42. The number of ether oxygens (including phenoxy) is 2. The average Bonchev–Trinajstić information content (AvgIpc) is 3.69. The summed E-state index contributed by atoms with van der Waals surface area (Å²) in [6.07, 6.45) is 7.85. The molecule has 0 radical (unpaired) electrons. The lowest BCUT2D eigenvalue weighted by molar-refractivity contribution is -0.130. The van der Waals surface area contributed by atoms with Crippen LogP contribution >= 0.6 is 0 Å². The Hall–Kier alpha value is -5.20. The van der Waals surface area contributed by atoms with Crippen molar-refractivity contribution in [3.8, 4) is 28.7 Å². The van der Waals surface area contributed by atoms with Crippen LogP contribution in [0.2, 0.25) is 0 Å². The summed E-state index contributed by atoms with van der Waals surface area (Å²) in [5, 5.41) is 10.2. The molecule has 0 spiro atoms. The van der Waals surface area contributed by atoms with Crippen molar-refractivity contribution in [1.29, 1.82) is 0 Å². The molecule has 3 aromatic heterocycles. The number of pyridine rings is 1. The number of nitrogens with zero attached hydrogens (tertiary/aromatic N) is 6. The minimum Gasteiger partial charge on any atom is -0.493 e. The molecular weight excluding hydrogens is 588 g/mol. The molecule has 4 heterocycles. The molecule has 13 heteroatoms. The van der Waals surface area contributed by atoms with E-state index in [1.807, 2.05) is 48.9 Å². The molecule has 0 fully saturated rings. The van der Waals surface area contributed by atoms with Crippen molar-refractivity contribution in [2.45, 2.75) is 46.2 Å². The zero-order valence-electron chi connectivity index (χ0n) is 26.6. The smallest absolute Gasteiger partial charge is 0.257 e. The van der Waals surface area contributed by atoms with Gasteiger partial charge in [-0.2, -0.15) is 5.10 Å². The molecule has 1 atom stereocenters. The van der Waals surface area contributed by atoms with E-state index < -0.39 is 11.9 Å². The summed E-state index contributed by atoms with van der Waals surface area (Å²) in [4.78, 5) is 50.8. The minimum absolute atomic E-state index is 0.170. The highest BCUT2D eigenvalue weighted by atomic mass is 16.5. The van der Waals surface area contributed by atoms with Crippen LogP contribution in [-0.4, -0.2) is 86.3 Å². The third kappa shape index (κ3) is 7.36. The van der Waals surface area contributed by atoms with Crippen LogP contribution in [0.3, 0.4) is 0 Å². The second-order valence-electron chi connectivity index (χ2n) is 11.4. The van der Waals surface area contributed by atoms with Crippen LogP contribution in [0.25, 0.3) is 17.2 Å². The van der Waals surface area contributed by atoms with E-state index in [0.29, 0.717) is 54.5 Å². The first-order chi connectivity index (χ1) is 22.3. The molecule has 1 aliphatic rings. The second-order valence-corrected chi connectivity index (χ2v) is 11.4. The Labute approximate surface area is 267 Å². The lowest BCUT2D eigenvalue weighted by atomic mass is 10.0. The summed E-state index contributed by atoms with van der Waals surface area (Å²) in [5.41, 5.74) is 1.80. The van der Waals surface area contributed by atoms with Gasteiger partial charge in [0.05, 0.1) is 37.7 Å². The molecule has 1 aliphatic heterocycles. The monoisotopic (exact) mass is 628 g/mol. The van der Waals surface area contributed by atoms with Crippen LogP contribution in [0.15, 0.2) is 61.2 Å². The number of hydrogen-bond donors (Lipinski definition) is 2. The fourth-order valence-corrected chi connectivity index (χ4v) is 5.37. The molecule has 242 valence electrons. The van der Waals surface area contributed by atoms with Crippen molar-refractivity contribution in [2.24, 2.45) is 5.92 Å². The van der Waals surface area contributed by atoms with Crippen LogP contribution in [0.1, 0.15) is 42.7 Å². The van der Waals surface area contributed by atoms with Crippen molar-refractivity contribution in [3.63, 3.8) is 0 Å². The lowest BCUT2D eigenvalue weighted by Crippen LogP contribution is -2.52. The molecule has 0 aliphatic carbocycles. The maximum absolute atomic E-state index is 13.9.